The monoisotopic (exact) mass is 636 g/mol. The van der Waals surface area contributed by atoms with Gasteiger partial charge in [-0.15, -0.1) is 11.8 Å². The van der Waals surface area contributed by atoms with Gasteiger partial charge in [0.2, 0.25) is 11.9 Å². The molecule has 2 aromatic heterocycles. The van der Waals surface area contributed by atoms with Crippen molar-refractivity contribution in [3.63, 3.8) is 0 Å². The van der Waals surface area contributed by atoms with Crippen LogP contribution >= 0.6 is 11.8 Å². The average Bonchev–Trinajstić information content (AvgIpc) is 3.05. The summed E-state index contributed by atoms with van der Waals surface area (Å²) in [7, 11) is -2.31. The van der Waals surface area contributed by atoms with Gasteiger partial charge in [-0.25, -0.2) is 28.1 Å². The van der Waals surface area contributed by atoms with Crippen molar-refractivity contribution in [1.29, 1.82) is 5.26 Å². The lowest BCUT2D eigenvalue weighted by molar-refractivity contribution is -0.115. The molecule has 5 aromatic rings. The largest absolute Gasteiger partial charge is 0.497 e. The molecule has 0 saturated heterocycles. The first kappa shape index (κ1) is 31.2. The van der Waals surface area contributed by atoms with E-state index in [1.165, 1.54) is 42.2 Å². The number of hydrogen-bond donors (Lipinski definition) is 2. The lowest BCUT2D eigenvalue weighted by Crippen LogP contribution is -2.16. The number of benzene rings is 3. The Bertz CT molecular complexity index is 1960. The Balaban J connectivity index is 1.28. The maximum Gasteiger partial charge on any atom is 0.264 e. The van der Waals surface area contributed by atoms with E-state index in [1.807, 2.05) is 60.7 Å². The topological polar surface area (TPSA) is 147 Å². The Morgan fingerprint density at radius 3 is 2.36 bits per heavy atom. The summed E-state index contributed by atoms with van der Waals surface area (Å²) < 4.78 is 33.1. The molecule has 0 aliphatic rings. The number of nitriles is 1. The number of pyridine rings is 1. The SMILES string of the molecule is COc1ccc(-c2cc(-c3ccccc3)nc(SCCC(=O)Nc3ccc(S(=O)(=O)Nc4nccc(C)n4)cc3)c2C#N)cc1. The van der Waals surface area contributed by atoms with Crippen molar-refractivity contribution >= 4 is 39.3 Å². The first-order chi connectivity index (χ1) is 21.8. The molecule has 0 saturated carbocycles. The highest BCUT2D eigenvalue weighted by Gasteiger charge is 2.18. The van der Waals surface area contributed by atoms with Crippen molar-refractivity contribution in [2.75, 3.05) is 22.9 Å². The molecule has 226 valence electrons. The molecule has 3 aromatic carbocycles. The van der Waals surface area contributed by atoms with Crippen LogP contribution in [0.3, 0.4) is 0 Å². The summed E-state index contributed by atoms with van der Waals surface area (Å²) in [5.74, 6) is 0.780. The standard InChI is InChI=1S/C33H28N6O4S2/c1-22-16-18-35-33(36-22)39-45(41,42)27-14-10-25(11-15-27)37-31(40)17-19-44-32-29(21-34)28(23-8-12-26(43-2)13-9-23)20-30(38-32)24-6-4-3-5-7-24/h3-16,18,20H,17,19H2,1-2H3,(H,37,40)(H,35,36,39). The van der Waals surface area contributed by atoms with Crippen molar-refractivity contribution in [1.82, 2.24) is 15.0 Å². The number of amides is 1. The molecule has 0 aliphatic carbocycles. The molecule has 2 N–H and O–H groups in total. The lowest BCUT2D eigenvalue weighted by Gasteiger charge is -2.13. The number of sulfonamides is 1. The minimum absolute atomic E-state index is 0.00206. The molecule has 0 fully saturated rings. The van der Waals surface area contributed by atoms with Crippen LogP contribution in [0.4, 0.5) is 11.6 Å². The Kier molecular flexibility index (Phi) is 9.72. The summed E-state index contributed by atoms with van der Waals surface area (Å²) in [6.45, 7) is 1.73. The Labute approximate surface area is 265 Å². The highest BCUT2D eigenvalue weighted by atomic mass is 32.2. The summed E-state index contributed by atoms with van der Waals surface area (Å²) in [5.41, 5.74) is 4.69. The number of aryl methyl sites for hydroxylation is 1. The van der Waals surface area contributed by atoms with Crippen LogP contribution in [-0.2, 0) is 14.8 Å². The van der Waals surface area contributed by atoms with Crippen LogP contribution in [0.5, 0.6) is 5.75 Å². The predicted molar refractivity (Wildman–Crippen MR) is 174 cm³/mol. The number of thioether (sulfide) groups is 1. The van der Waals surface area contributed by atoms with E-state index in [2.05, 4.69) is 26.1 Å². The van der Waals surface area contributed by atoms with Gasteiger partial charge in [-0.3, -0.25) is 4.79 Å². The van der Waals surface area contributed by atoms with E-state index in [4.69, 9.17) is 9.72 Å². The minimum Gasteiger partial charge on any atom is -0.497 e. The van der Waals surface area contributed by atoms with Gasteiger partial charge in [0.1, 0.15) is 16.8 Å². The lowest BCUT2D eigenvalue weighted by atomic mass is 9.99. The normalized spacial score (nSPS) is 11.0. The molecule has 0 atom stereocenters. The van der Waals surface area contributed by atoms with Crippen molar-refractivity contribution in [3.8, 4) is 34.2 Å². The van der Waals surface area contributed by atoms with Gasteiger partial charge in [-0.05, 0) is 61.0 Å². The predicted octanol–water partition coefficient (Wildman–Crippen LogP) is 6.32. The summed E-state index contributed by atoms with van der Waals surface area (Å²) in [6.07, 6.45) is 1.60. The van der Waals surface area contributed by atoms with Gasteiger partial charge in [0, 0.05) is 40.9 Å². The zero-order valence-electron chi connectivity index (χ0n) is 24.4. The molecule has 0 radical (unpaired) electrons. The van der Waals surface area contributed by atoms with E-state index in [1.54, 1.807) is 20.1 Å². The number of carbonyl (C=O) groups excluding carboxylic acids is 1. The van der Waals surface area contributed by atoms with E-state index in [0.717, 1.165) is 16.7 Å². The number of hydrogen-bond acceptors (Lipinski definition) is 9. The number of rotatable bonds is 11. The number of nitrogens with one attached hydrogen (secondary N) is 2. The third-order valence-corrected chi connectivity index (χ3v) is 8.93. The molecule has 12 heteroatoms. The number of carbonyl (C=O) groups is 1. The number of anilines is 2. The third kappa shape index (κ3) is 7.83. The van der Waals surface area contributed by atoms with Gasteiger partial charge in [0.05, 0.1) is 23.3 Å². The van der Waals surface area contributed by atoms with Crippen LogP contribution in [0.1, 0.15) is 17.7 Å². The summed E-state index contributed by atoms with van der Waals surface area (Å²) in [5, 5.41) is 13.5. The zero-order chi connectivity index (χ0) is 31.8. The fourth-order valence-electron chi connectivity index (χ4n) is 4.35. The first-order valence-electron chi connectivity index (χ1n) is 13.8. The zero-order valence-corrected chi connectivity index (χ0v) is 26.0. The van der Waals surface area contributed by atoms with Crippen LogP contribution < -0.4 is 14.8 Å². The fourth-order valence-corrected chi connectivity index (χ4v) is 6.24. The van der Waals surface area contributed by atoms with Crippen molar-refractivity contribution in [2.45, 2.75) is 23.3 Å². The van der Waals surface area contributed by atoms with Crippen LogP contribution in [0.15, 0.2) is 107 Å². The second-order valence-corrected chi connectivity index (χ2v) is 12.5. The molecular weight excluding hydrogens is 609 g/mol. The molecule has 45 heavy (non-hydrogen) atoms. The Hall–Kier alpha value is -5.25. The molecular formula is C33H28N6O4S2. The summed E-state index contributed by atoms with van der Waals surface area (Å²) in [4.78, 5) is 25.6. The van der Waals surface area contributed by atoms with Gasteiger partial charge >= 0.3 is 0 Å². The van der Waals surface area contributed by atoms with Crippen molar-refractivity contribution in [3.05, 3.63) is 108 Å². The summed E-state index contributed by atoms with van der Waals surface area (Å²) >= 11 is 1.32. The minimum atomic E-state index is -3.91. The van der Waals surface area contributed by atoms with Crippen LogP contribution in [-0.4, -0.2) is 42.1 Å². The van der Waals surface area contributed by atoms with Gasteiger partial charge < -0.3 is 10.1 Å². The quantitative estimate of drug-likeness (QED) is 0.159. The Morgan fingerprint density at radius 2 is 1.69 bits per heavy atom. The molecule has 0 unspecified atom stereocenters. The third-order valence-electron chi connectivity index (χ3n) is 6.61. The number of aromatic nitrogens is 3. The van der Waals surface area contributed by atoms with Crippen LogP contribution in [0.2, 0.25) is 0 Å². The summed E-state index contributed by atoms with van der Waals surface area (Å²) in [6, 6.07) is 28.8. The van der Waals surface area contributed by atoms with Crippen LogP contribution in [0, 0.1) is 18.3 Å². The fraction of sp³-hybridized carbons (Fsp3) is 0.121. The highest BCUT2D eigenvalue weighted by molar-refractivity contribution is 7.99. The number of ether oxygens (including phenoxy) is 1. The highest BCUT2D eigenvalue weighted by Crippen LogP contribution is 2.35. The number of methoxy groups -OCH3 is 1. The van der Waals surface area contributed by atoms with Crippen LogP contribution in [0.25, 0.3) is 22.4 Å². The maximum atomic E-state index is 12.8. The maximum absolute atomic E-state index is 12.8. The Morgan fingerprint density at radius 1 is 0.956 bits per heavy atom. The smallest absolute Gasteiger partial charge is 0.264 e. The molecule has 2 heterocycles. The molecule has 0 bridgehead atoms. The molecule has 1 amide bonds. The second-order valence-electron chi connectivity index (χ2n) is 9.74. The molecule has 0 spiro atoms. The van der Waals surface area contributed by atoms with E-state index in [9.17, 15) is 18.5 Å². The average molecular weight is 637 g/mol. The molecule has 0 aliphatic heterocycles. The van der Waals surface area contributed by atoms with E-state index in [-0.39, 0.29) is 23.2 Å². The van der Waals surface area contributed by atoms with Gasteiger partial charge in [0.15, 0.2) is 0 Å². The van der Waals surface area contributed by atoms with Crippen molar-refractivity contribution < 1.29 is 17.9 Å². The van der Waals surface area contributed by atoms with Gasteiger partial charge in [-0.2, -0.15) is 5.26 Å². The van der Waals surface area contributed by atoms with Crippen molar-refractivity contribution in [2.24, 2.45) is 0 Å². The van der Waals surface area contributed by atoms with Gasteiger partial charge in [-0.1, -0.05) is 42.5 Å². The second kappa shape index (κ2) is 14.0. The molecule has 5 rings (SSSR count). The first-order valence-corrected chi connectivity index (χ1v) is 16.2. The molecule has 10 nitrogen and oxygen atoms in total. The van der Waals surface area contributed by atoms with E-state index in [0.29, 0.717) is 39.2 Å². The van der Waals surface area contributed by atoms with E-state index < -0.39 is 10.0 Å². The van der Waals surface area contributed by atoms with E-state index >= 15 is 0 Å². The number of nitrogens with zero attached hydrogens (tertiary/aromatic N) is 4. The van der Waals surface area contributed by atoms with Gasteiger partial charge in [0.25, 0.3) is 10.0 Å².